The number of alkyl halides is 3. The monoisotopic (exact) mass is 432 g/mol. The Morgan fingerprint density at radius 1 is 1.10 bits per heavy atom. The highest BCUT2D eigenvalue weighted by Crippen LogP contribution is 2.34. The first-order valence-corrected chi connectivity index (χ1v) is 9.66. The third kappa shape index (κ3) is 5.17. The minimum atomic E-state index is -4.93. The number of ether oxygens (including phenoxy) is 1. The van der Waals surface area contributed by atoms with Crippen molar-refractivity contribution < 1.29 is 36.2 Å². The number of hydrogen-bond acceptors (Lipinski definition) is 5. The van der Waals surface area contributed by atoms with Crippen LogP contribution in [0.15, 0.2) is 35.4 Å². The number of nitrogens with zero attached hydrogens (tertiary/aromatic N) is 1. The van der Waals surface area contributed by atoms with E-state index in [4.69, 9.17) is 9.84 Å². The number of hydrogen-bond donors (Lipinski definition) is 2. The average Bonchev–Trinajstić information content (AvgIpc) is 2.59. The quantitative estimate of drug-likeness (QED) is 0.742. The maximum absolute atomic E-state index is 13.1. The first-order chi connectivity index (χ1) is 13.1. The maximum Gasteiger partial charge on any atom is 0.416 e. The summed E-state index contributed by atoms with van der Waals surface area (Å²) in [5, 5.41) is 9.05. The predicted molar refractivity (Wildman–Crippen MR) is 98.7 cm³/mol. The molecule has 0 saturated carbocycles. The lowest BCUT2D eigenvalue weighted by molar-refractivity contribution is -0.137. The smallest absolute Gasteiger partial charge is 0.416 e. The summed E-state index contributed by atoms with van der Waals surface area (Å²) in [7, 11) is -3.33. The Kier molecular flexibility index (Phi) is 5.84. The van der Waals surface area contributed by atoms with Gasteiger partial charge in [0.1, 0.15) is 5.69 Å². The third-order valence-electron chi connectivity index (χ3n) is 3.95. The van der Waals surface area contributed by atoms with Crippen molar-refractivity contribution in [1.82, 2.24) is 4.98 Å². The van der Waals surface area contributed by atoms with Gasteiger partial charge in [0.05, 0.1) is 23.1 Å². The van der Waals surface area contributed by atoms with E-state index in [0.717, 1.165) is 0 Å². The van der Waals surface area contributed by atoms with E-state index in [1.807, 2.05) is 20.8 Å². The van der Waals surface area contributed by atoms with E-state index in [1.54, 1.807) is 0 Å². The molecule has 2 aromatic rings. The van der Waals surface area contributed by atoms with Crippen LogP contribution >= 0.6 is 0 Å². The molecule has 0 bridgehead atoms. The number of carboxylic acids is 1. The molecule has 11 heteroatoms. The lowest BCUT2D eigenvalue weighted by Crippen LogP contribution is -2.18. The summed E-state index contributed by atoms with van der Waals surface area (Å²) in [6, 6.07) is 2.83. The zero-order chi connectivity index (χ0) is 22.2. The van der Waals surface area contributed by atoms with Crippen molar-refractivity contribution in [2.45, 2.75) is 37.3 Å². The Morgan fingerprint density at radius 2 is 1.72 bits per heavy atom. The van der Waals surface area contributed by atoms with Gasteiger partial charge in [0.15, 0.2) is 0 Å². The molecular weight excluding hydrogens is 413 g/mol. The SMILES string of the molecule is COc1ncc(C(C)(C)C)cc1NS(=O)(=O)c1cc(C(=O)O)cc(C(F)(F)F)c1. The van der Waals surface area contributed by atoms with Gasteiger partial charge >= 0.3 is 12.1 Å². The second-order valence-corrected chi connectivity index (χ2v) is 8.87. The van der Waals surface area contributed by atoms with Crippen LogP contribution in [0, 0.1) is 0 Å². The molecule has 0 aliphatic rings. The summed E-state index contributed by atoms with van der Waals surface area (Å²) in [5.41, 5.74) is -2.05. The minimum Gasteiger partial charge on any atom is -0.480 e. The van der Waals surface area contributed by atoms with E-state index < -0.39 is 43.6 Å². The number of halogens is 3. The number of sulfonamides is 1. The highest BCUT2D eigenvalue weighted by molar-refractivity contribution is 7.92. The van der Waals surface area contributed by atoms with Gasteiger partial charge in [-0.3, -0.25) is 4.72 Å². The number of aromatic carboxylic acids is 1. The average molecular weight is 432 g/mol. The van der Waals surface area contributed by atoms with E-state index in [0.29, 0.717) is 23.8 Å². The molecule has 29 heavy (non-hydrogen) atoms. The summed E-state index contributed by atoms with van der Waals surface area (Å²) in [4.78, 5) is 14.3. The van der Waals surface area contributed by atoms with Crippen molar-refractivity contribution in [2.24, 2.45) is 0 Å². The summed E-state index contributed by atoms with van der Waals surface area (Å²) in [6.07, 6.45) is -3.44. The number of rotatable bonds is 5. The van der Waals surface area contributed by atoms with Crippen LogP contribution in [0.2, 0.25) is 0 Å². The van der Waals surface area contributed by atoms with Gasteiger partial charge in [0, 0.05) is 6.20 Å². The molecule has 0 atom stereocenters. The van der Waals surface area contributed by atoms with E-state index in [-0.39, 0.29) is 11.6 Å². The summed E-state index contributed by atoms with van der Waals surface area (Å²) < 4.78 is 71.9. The van der Waals surface area contributed by atoms with Gasteiger partial charge in [0.2, 0.25) is 5.88 Å². The van der Waals surface area contributed by atoms with E-state index in [2.05, 4.69) is 9.71 Å². The third-order valence-corrected chi connectivity index (χ3v) is 5.29. The van der Waals surface area contributed by atoms with Gasteiger partial charge in [-0.15, -0.1) is 0 Å². The van der Waals surface area contributed by atoms with Crippen molar-refractivity contribution in [3.8, 4) is 5.88 Å². The molecule has 0 amide bonds. The number of anilines is 1. The first-order valence-electron chi connectivity index (χ1n) is 8.18. The summed E-state index contributed by atoms with van der Waals surface area (Å²) in [6.45, 7) is 5.59. The van der Waals surface area contributed by atoms with Gasteiger partial charge in [-0.2, -0.15) is 13.2 Å². The summed E-state index contributed by atoms with van der Waals surface area (Å²) in [5.74, 6) is -1.78. The topological polar surface area (TPSA) is 106 Å². The molecule has 0 radical (unpaired) electrons. The standard InChI is InChI=1S/C18H19F3N2O5S/c1-17(2,3)12-8-14(15(28-4)22-9-12)23-29(26,27)13-6-10(16(24)25)5-11(7-13)18(19,20)21/h5-9,23H,1-4H3,(H,24,25). The number of benzene rings is 1. The second kappa shape index (κ2) is 7.54. The molecule has 1 aromatic heterocycles. The Morgan fingerprint density at radius 3 is 2.21 bits per heavy atom. The number of carbonyl (C=O) groups is 1. The van der Waals surface area contributed by atoms with Crippen molar-refractivity contribution in [3.05, 3.63) is 47.2 Å². The number of carboxylic acid groups (broad SMARTS) is 1. The van der Waals surface area contributed by atoms with Crippen molar-refractivity contribution >= 4 is 21.7 Å². The minimum absolute atomic E-state index is 0.0887. The zero-order valence-electron chi connectivity index (χ0n) is 16.0. The number of pyridine rings is 1. The molecule has 158 valence electrons. The number of methoxy groups -OCH3 is 1. The lowest BCUT2D eigenvalue weighted by atomic mass is 9.88. The van der Waals surface area contributed by atoms with Crippen molar-refractivity contribution in [3.63, 3.8) is 0 Å². The van der Waals surface area contributed by atoms with Gasteiger partial charge in [-0.05, 0) is 35.2 Å². The number of aromatic nitrogens is 1. The van der Waals surface area contributed by atoms with E-state index in [1.165, 1.54) is 19.4 Å². The van der Waals surface area contributed by atoms with Crippen LogP contribution in [0.4, 0.5) is 18.9 Å². The first kappa shape index (κ1) is 22.5. The van der Waals surface area contributed by atoms with Gasteiger partial charge in [0.25, 0.3) is 10.0 Å². The second-order valence-electron chi connectivity index (χ2n) is 7.19. The molecular formula is C18H19F3N2O5S. The normalized spacial score (nSPS) is 12.5. The molecule has 1 heterocycles. The predicted octanol–water partition coefficient (Wildman–Crippen LogP) is 3.91. The molecule has 0 fully saturated rings. The number of nitrogens with one attached hydrogen (secondary N) is 1. The fourth-order valence-electron chi connectivity index (χ4n) is 2.34. The molecule has 0 aliphatic heterocycles. The van der Waals surface area contributed by atoms with Crippen molar-refractivity contribution in [1.29, 1.82) is 0 Å². The highest BCUT2D eigenvalue weighted by atomic mass is 32.2. The Labute approximate surface area is 165 Å². The van der Waals surface area contributed by atoms with Crippen LogP contribution in [0.25, 0.3) is 0 Å². The van der Waals surface area contributed by atoms with Crippen LogP contribution in [-0.4, -0.2) is 31.6 Å². The van der Waals surface area contributed by atoms with E-state index >= 15 is 0 Å². The molecule has 2 rings (SSSR count). The maximum atomic E-state index is 13.1. The molecule has 0 spiro atoms. The molecule has 0 unspecified atom stereocenters. The van der Waals surface area contributed by atoms with Crippen molar-refractivity contribution in [2.75, 3.05) is 11.8 Å². The lowest BCUT2D eigenvalue weighted by Gasteiger charge is -2.21. The molecule has 2 N–H and O–H groups in total. The molecule has 0 saturated heterocycles. The van der Waals surface area contributed by atoms with Crippen LogP contribution in [0.5, 0.6) is 5.88 Å². The van der Waals surface area contributed by atoms with Gasteiger partial charge < -0.3 is 9.84 Å². The highest BCUT2D eigenvalue weighted by Gasteiger charge is 2.33. The van der Waals surface area contributed by atoms with Crippen LogP contribution in [0.3, 0.4) is 0 Å². The van der Waals surface area contributed by atoms with Crippen LogP contribution in [0.1, 0.15) is 42.3 Å². The van der Waals surface area contributed by atoms with Gasteiger partial charge in [-0.1, -0.05) is 20.8 Å². The van der Waals surface area contributed by atoms with Crippen LogP contribution < -0.4 is 9.46 Å². The Hall–Kier alpha value is -2.82. The fraction of sp³-hybridized carbons (Fsp3) is 0.333. The molecule has 0 aliphatic carbocycles. The Balaban J connectivity index is 2.60. The fourth-order valence-corrected chi connectivity index (χ4v) is 3.46. The van der Waals surface area contributed by atoms with Gasteiger partial charge in [-0.25, -0.2) is 18.2 Å². The van der Waals surface area contributed by atoms with E-state index in [9.17, 15) is 26.4 Å². The largest absolute Gasteiger partial charge is 0.480 e. The molecule has 7 nitrogen and oxygen atoms in total. The Bertz CT molecular complexity index is 1040. The van der Waals surface area contributed by atoms with Crippen LogP contribution in [-0.2, 0) is 21.6 Å². The summed E-state index contributed by atoms with van der Waals surface area (Å²) >= 11 is 0. The molecule has 1 aromatic carbocycles. The zero-order valence-corrected chi connectivity index (χ0v) is 16.8.